The van der Waals surface area contributed by atoms with Crippen LogP contribution in [0.15, 0.2) is 40.6 Å². The summed E-state index contributed by atoms with van der Waals surface area (Å²) in [6, 6.07) is 6.21. The van der Waals surface area contributed by atoms with Crippen LogP contribution in [0.4, 0.5) is 0 Å². The van der Waals surface area contributed by atoms with Gasteiger partial charge >= 0.3 is 0 Å². The van der Waals surface area contributed by atoms with E-state index in [1.54, 1.807) is 11.8 Å². The smallest absolute Gasteiger partial charge is 0.172 e. The van der Waals surface area contributed by atoms with Crippen molar-refractivity contribution in [3.05, 3.63) is 41.7 Å². The highest BCUT2D eigenvalue weighted by Gasteiger charge is 2.08. The van der Waals surface area contributed by atoms with E-state index in [2.05, 4.69) is 24.0 Å². The Kier molecular flexibility index (Phi) is 3.31. The molecule has 0 aliphatic carbocycles. The highest BCUT2D eigenvalue weighted by Crippen LogP contribution is 2.31. The number of imidazole rings is 1. The molecule has 0 aliphatic rings. The molecule has 2 rings (SSSR count). The van der Waals surface area contributed by atoms with Gasteiger partial charge in [-0.1, -0.05) is 30.0 Å². The molecular weight excluding hydrogens is 218 g/mol. The normalized spacial score (nSPS) is 10.7. The van der Waals surface area contributed by atoms with E-state index in [1.165, 1.54) is 16.0 Å². The molecule has 0 spiro atoms. The Balaban J connectivity index is 2.37. The summed E-state index contributed by atoms with van der Waals surface area (Å²) in [5.41, 5.74) is 8.17. The van der Waals surface area contributed by atoms with Crippen LogP contribution in [0.25, 0.3) is 0 Å². The van der Waals surface area contributed by atoms with Gasteiger partial charge in [0, 0.05) is 30.9 Å². The minimum Gasteiger partial charge on any atom is -0.329 e. The molecule has 1 aromatic carbocycles. The van der Waals surface area contributed by atoms with Gasteiger partial charge in [0.15, 0.2) is 5.16 Å². The van der Waals surface area contributed by atoms with Crippen molar-refractivity contribution in [2.24, 2.45) is 12.8 Å². The highest BCUT2D eigenvalue weighted by molar-refractivity contribution is 7.99. The maximum absolute atomic E-state index is 5.75. The van der Waals surface area contributed by atoms with Crippen molar-refractivity contribution in [3.63, 3.8) is 0 Å². The van der Waals surface area contributed by atoms with Crippen molar-refractivity contribution in [3.8, 4) is 0 Å². The molecule has 2 aromatic rings. The molecule has 4 heteroatoms. The van der Waals surface area contributed by atoms with Gasteiger partial charge in [-0.25, -0.2) is 4.98 Å². The van der Waals surface area contributed by atoms with Crippen LogP contribution in [0.3, 0.4) is 0 Å². The van der Waals surface area contributed by atoms with Gasteiger partial charge in [0.25, 0.3) is 0 Å². The van der Waals surface area contributed by atoms with E-state index in [-0.39, 0.29) is 0 Å². The Hall–Kier alpha value is -1.26. The number of hydrogen-bond acceptors (Lipinski definition) is 3. The zero-order valence-corrected chi connectivity index (χ0v) is 10.3. The second kappa shape index (κ2) is 4.72. The van der Waals surface area contributed by atoms with Crippen molar-refractivity contribution in [2.75, 3.05) is 0 Å². The predicted molar refractivity (Wildman–Crippen MR) is 66.4 cm³/mol. The van der Waals surface area contributed by atoms with Gasteiger partial charge in [-0.05, 0) is 18.1 Å². The van der Waals surface area contributed by atoms with Crippen LogP contribution in [0, 0.1) is 6.92 Å². The van der Waals surface area contributed by atoms with Crippen LogP contribution >= 0.6 is 11.8 Å². The Morgan fingerprint density at radius 3 is 2.88 bits per heavy atom. The van der Waals surface area contributed by atoms with E-state index in [0.717, 1.165) is 5.16 Å². The molecular formula is C12H15N3S. The summed E-state index contributed by atoms with van der Waals surface area (Å²) in [6.07, 6.45) is 3.76. The first-order valence-electron chi connectivity index (χ1n) is 5.16. The van der Waals surface area contributed by atoms with Gasteiger partial charge < -0.3 is 10.3 Å². The molecule has 3 nitrogen and oxygen atoms in total. The largest absolute Gasteiger partial charge is 0.329 e. The number of benzene rings is 1. The van der Waals surface area contributed by atoms with E-state index in [9.17, 15) is 0 Å². The second-order valence-electron chi connectivity index (χ2n) is 3.69. The fourth-order valence-corrected chi connectivity index (χ4v) is 2.57. The average Bonchev–Trinajstić information content (AvgIpc) is 2.67. The van der Waals surface area contributed by atoms with E-state index in [0.29, 0.717) is 6.54 Å². The first kappa shape index (κ1) is 11.2. The molecule has 1 aromatic heterocycles. The Labute approximate surface area is 99.7 Å². The third-order valence-electron chi connectivity index (χ3n) is 2.48. The lowest BCUT2D eigenvalue weighted by molar-refractivity contribution is 0.789. The fourth-order valence-electron chi connectivity index (χ4n) is 1.56. The monoisotopic (exact) mass is 233 g/mol. The zero-order chi connectivity index (χ0) is 11.5. The molecule has 16 heavy (non-hydrogen) atoms. The molecule has 0 saturated heterocycles. The van der Waals surface area contributed by atoms with Crippen LogP contribution in [0.2, 0.25) is 0 Å². The lowest BCUT2D eigenvalue weighted by Crippen LogP contribution is -2.00. The summed E-state index contributed by atoms with van der Waals surface area (Å²) < 4.78 is 2.01. The van der Waals surface area contributed by atoms with Gasteiger partial charge in [-0.15, -0.1) is 0 Å². The number of hydrogen-bond donors (Lipinski definition) is 1. The summed E-state index contributed by atoms with van der Waals surface area (Å²) in [5.74, 6) is 0. The van der Waals surface area contributed by atoms with Crippen molar-refractivity contribution >= 4 is 11.8 Å². The van der Waals surface area contributed by atoms with Crippen molar-refractivity contribution in [2.45, 2.75) is 23.5 Å². The third-order valence-corrected chi connectivity index (χ3v) is 3.85. The van der Waals surface area contributed by atoms with Gasteiger partial charge in [-0.3, -0.25) is 0 Å². The molecule has 0 unspecified atom stereocenters. The predicted octanol–water partition coefficient (Wildman–Crippen LogP) is 2.34. The van der Waals surface area contributed by atoms with Crippen molar-refractivity contribution in [1.82, 2.24) is 9.55 Å². The standard InChI is InChI=1S/C12H15N3S/c1-9-4-3-5-10(8-13)11(9)16-12-14-6-7-15(12)2/h3-7H,8,13H2,1-2H3. The van der Waals surface area contributed by atoms with Crippen LogP contribution in [-0.4, -0.2) is 9.55 Å². The van der Waals surface area contributed by atoms with Crippen LogP contribution < -0.4 is 5.73 Å². The van der Waals surface area contributed by atoms with Crippen molar-refractivity contribution in [1.29, 1.82) is 0 Å². The molecule has 0 amide bonds. The lowest BCUT2D eigenvalue weighted by Gasteiger charge is -2.10. The van der Waals surface area contributed by atoms with Gasteiger partial charge in [0.05, 0.1) is 0 Å². The summed E-state index contributed by atoms with van der Waals surface area (Å²) >= 11 is 1.67. The summed E-state index contributed by atoms with van der Waals surface area (Å²) in [6.45, 7) is 2.67. The molecule has 0 saturated carbocycles. The van der Waals surface area contributed by atoms with Crippen LogP contribution in [-0.2, 0) is 13.6 Å². The van der Waals surface area contributed by atoms with Gasteiger partial charge in [0.1, 0.15) is 0 Å². The average molecular weight is 233 g/mol. The quantitative estimate of drug-likeness (QED) is 0.885. The maximum atomic E-state index is 5.75. The number of aryl methyl sites for hydroxylation is 2. The van der Waals surface area contributed by atoms with Gasteiger partial charge in [0.2, 0.25) is 0 Å². The summed E-state index contributed by atoms with van der Waals surface area (Å²) in [7, 11) is 2.00. The van der Waals surface area contributed by atoms with E-state index in [4.69, 9.17) is 5.73 Å². The Morgan fingerprint density at radius 2 is 2.25 bits per heavy atom. The molecule has 0 fully saturated rings. The van der Waals surface area contributed by atoms with Crippen LogP contribution in [0.1, 0.15) is 11.1 Å². The molecule has 0 aliphatic heterocycles. The Morgan fingerprint density at radius 1 is 1.44 bits per heavy atom. The number of rotatable bonds is 3. The van der Waals surface area contributed by atoms with E-state index >= 15 is 0 Å². The molecule has 0 radical (unpaired) electrons. The van der Waals surface area contributed by atoms with Crippen molar-refractivity contribution < 1.29 is 0 Å². The minimum absolute atomic E-state index is 0.564. The topological polar surface area (TPSA) is 43.8 Å². The SMILES string of the molecule is Cc1cccc(CN)c1Sc1nccn1C. The molecule has 1 heterocycles. The molecule has 2 N–H and O–H groups in total. The number of aromatic nitrogens is 2. The van der Waals surface area contributed by atoms with E-state index < -0.39 is 0 Å². The lowest BCUT2D eigenvalue weighted by atomic mass is 10.1. The van der Waals surface area contributed by atoms with Crippen LogP contribution in [0.5, 0.6) is 0 Å². The Bertz CT molecular complexity index is 491. The molecule has 84 valence electrons. The molecule has 0 bridgehead atoms. The van der Waals surface area contributed by atoms with E-state index in [1.807, 2.05) is 30.1 Å². The highest BCUT2D eigenvalue weighted by atomic mass is 32.2. The number of nitrogens with two attached hydrogens (primary N) is 1. The summed E-state index contributed by atoms with van der Waals surface area (Å²) in [5, 5.41) is 0.990. The summed E-state index contributed by atoms with van der Waals surface area (Å²) in [4.78, 5) is 5.53. The first-order chi connectivity index (χ1) is 7.72. The van der Waals surface area contributed by atoms with Gasteiger partial charge in [-0.2, -0.15) is 0 Å². The second-order valence-corrected chi connectivity index (χ2v) is 4.67. The zero-order valence-electron chi connectivity index (χ0n) is 9.47. The maximum Gasteiger partial charge on any atom is 0.172 e. The number of nitrogens with zero attached hydrogens (tertiary/aromatic N) is 2. The third kappa shape index (κ3) is 2.13. The minimum atomic E-state index is 0.564. The fraction of sp³-hybridized carbons (Fsp3) is 0.250. The first-order valence-corrected chi connectivity index (χ1v) is 5.97. The molecule has 0 atom stereocenters.